The summed E-state index contributed by atoms with van der Waals surface area (Å²) in [4.78, 5) is 0. The van der Waals surface area contributed by atoms with Crippen LogP contribution in [0.4, 0.5) is 4.39 Å². The monoisotopic (exact) mass is 490 g/mol. The fraction of sp³-hybridized carbons (Fsp3) is 0. The highest BCUT2D eigenvalue weighted by Gasteiger charge is 2.09. The molecule has 0 saturated carbocycles. The van der Waals surface area contributed by atoms with Gasteiger partial charge in [-0.25, -0.2) is 4.39 Å². The maximum absolute atomic E-state index is 13.3. The van der Waals surface area contributed by atoms with E-state index in [0.29, 0.717) is 0 Å². The fourth-order valence-electron chi connectivity index (χ4n) is 5.14. The van der Waals surface area contributed by atoms with Crippen LogP contribution in [0.2, 0.25) is 0 Å². The van der Waals surface area contributed by atoms with Gasteiger partial charge in [0, 0.05) is 10.8 Å². The minimum atomic E-state index is -0.220. The molecule has 0 fully saturated rings. The van der Waals surface area contributed by atoms with Gasteiger partial charge in [0.05, 0.1) is 0 Å². The SMILES string of the molecule is Fc1ccc(-c2ccc(-c3cccc(-c4ccc(-c5ccc6oc7ccccc7c6c5)cc4)c3)cc2)cc1. The molecule has 0 saturated heterocycles. The highest BCUT2D eigenvalue weighted by Crippen LogP contribution is 2.34. The maximum Gasteiger partial charge on any atom is 0.135 e. The predicted octanol–water partition coefficient (Wildman–Crippen LogP) is 10.4. The van der Waals surface area contributed by atoms with E-state index in [9.17, 15) is 4.39 Å². The summed E-state index contributed by atoms with van der Waals surface area (Å²) in [6, 6.07) is 46.9. The summed E-state index contributed by atoms with van der Waals surface area (Å²) >= 11 is 0. The number of hydrogen-bond donors (Lipinski definition) is 0. The Balaban J connectivity index is 1.16. The first-order chi connectivity index (χ1) is 18.7. The lowest BCUT2D eigenvalue weighted by atomic mass is 9.96. The van der Waals surface area contributed by atoms with Crippen LogP contribution in [-0.4, -0.2) is 0 Å². The van der Waals surface area contributed by atoms with Gasteiger partial charge in [-0.2, -0.15) is 0 Å². The summed E-state index contributed by atoms with van der Waals surface area (Å²) in [6.45, 7) is 0. The Morgan fingerprint density at radius 1 is 0.342 bits per heavy atom. The quantitative estimate of drug-likeness (QED) is 0.239. The van der Waals surface area contributed by atoms with Crippen LogP contribution in [0, 0.1) is 5.82 Å². The molecule has 0 N–H and O–H groups in total. The van der Waals surface area contributed by atoms with Crippen molar-refractivity contribution in [2.24, 2.45) is 0 Å². The third kappa shape index (κ3) is 4.07. The molecule has 1 aromatic heterocycles. The number of para-hydroxylation sites is 1. The molecule has 1 nitrogen and oxygen atoms in total. The molecule has 0 aliphatic carbocycles. The van der Waals surface area contributed by atoms with Crippen LogP contribution in [0.1, 0.15) is 0 Å². The van der Waals surface area contributed by atoms with Gasteiger partial charge in [0.1, 0.15) is 17.0 Å². The lowest BCUT2D eigenvalue weighted by Crippen LogP contribution is -1.84. The molecule has 0 unspecified atom stereocenters. The number of fused-ring (bicyclic) bond motifs is 3. The summed E-state index contributed by atoms with van der Waals surface area (Å²) in [7, 11) is 0. The van der Waals surface area contributed by atoms with Gasteiger partial charge in [-0.05, 0) is 80.9 Å². The first-order valence-corrected chi connectivity index (χ1v) is 12.7. The molecule has 0 radical (unpaired) electrons. The van der Waals surface area contributed by atoms with E-state index in [4.69, 9.17) is 4.42 Å². The average Bonchev–Trinajstić information content (AvgIpc) is 3.36. The Kier molecular flexibility index (Phi) is 5.37. The molecule has 7 aromatic rings. The molecule has 0 spiro atoms. The Morgan fingerprint density at radius 3 is 1.39 bits per heavy atom. The summed E-state index contributed by atoms with van der Waals surface area (Å²) in [5.74, 6) is -0.220. The van der Waals surface area contributed by atoms with Gasteiger partial charge in [-0.15, -0.1) is 0 Å². The average molecular weight is 491 g/mol. The van der Waals surface area contributed by atoms with Gasteiger partial charge in [0.2, 0.25) is 0 Å². The van der Waals surface area contributed by atoms with E-state index in [2.05, 4.69) is 97.1 Å². The van der Waals surface area contributed by atoms with Crippen molar-refractivity contribution in [1.82, 2.24) is 0 Å². The Labute approximate surface area is 220 Å². The lowest BCUT2D eigenvalue weighted by Gasteiger charge is -2.09. The third-order valence-corrected chi connectivity index (χ3v) is 7.19. The normalized spacial score (nSPS) is 11.3. The predicted molar refractivity (Wildman–Crippen MR) is 155 cm³/mol. The van der Waals surface area contributed by atoms with Gasteiger partial charge < -0.3 is 4.42 Å². The number of hydrogen-bond acceptors (Lipinski definition) is 1. The van der Waals surface area contributed by atoms with Crippen LogP contribution in [0.25, 0.3) is 66.4 Å². The number of halogens is 1. The van der Waals surface area contributed by atoms with Crippen molar-refractivity contribution in [1.29, 1.82) is 0 Å². The highest BCUT2D eigenvalue weighted by atomic mass is 19.1. The fourth-order valence-corrected chi connectivity index (χ4v) is 5.14. The zero-order valence-corrected chi connectivity index (χ0v) is 20.6. The molecule has 2 heteroatoms. The van der Waals surface area contributed by atoms with Crippen molar-refractivity contribution in [3.63, 3.8) is 0 Å². The standard InChI is InChI=1S/C36H23FO/c37-32-19-16-25(17-20-32)24-8-10-26(11-9-24)29-4-3-5-30(22-29)27-12-14-28(15-13-27)31-18-21-36-34(23-31)33-6-1-2-7-35(33)38-36/h1-23H. The Morgan fingerprint density at radius 2 is 0.789 bits per heavy atom. The number of rotatable bonds is 4. The minimum Gasteiger partial charge on any atom is -0.456 e. The molecule has 0 atom stereocenters. The molecule has 38 heavy (non-hydrogen) atoms. The summed E-state index contributed by atoms with van der Waals surface area (Å²) in [5.41, 5.74) is 10.9. The molecular weight excluding hydrogens is 467 g/mol. The zero-order chi connectivity index (χ0) is 25.5. The second kappa shape index (κ2) is 9.17. The van der Waals surface area contributed by atoms with Crippen LogP contribution in [0.3, 0.4) is 0 Å². The number of benzene rings is 6. The Bertz CT molecular complexity index is 1890. The van der Waals surface area contributed by atoms with Gasteiger partial charge in [-0.3, -0.25) is 0 Å². The second-order valence-electron chi connectivity index (χ2n) is 9.55. The van der Waals surface area contributed by atoms with Crippen LogP contribution >= 0.6 is 0 Å². The van der Waals surface area contributed by atoms with Crippen LogP contribution in [0.15, 0.2) is 144 Å². The summed E-state index contributed by atoms with van der Waals surface area (Å²) in [6.07, 6.45) is 0. The molecule has 7 rings (SSSR count). The van der Waals surface area contributed by atoms with E-state index in [-0.39, 0.29) is 5.82 Å². The molecule has 0 aliphatic heterocycles. The van der Waals surface area contributed by atoms with Gasteiger partial charge in [-0.1, -0.05) is 103 Å². The molecule has 6 aromatic carbocycles. The zero-order valence-electron chi connectivity index (χ0n) is 20.6. The van der Waals surface area contributed by atoms with Crippen LogP contribution < -0.4 is 0 Å². The van der Waals surface area contributed by atoms with E-state index in [0.717, 1.165) is 44.2 Å². The van der Waals surface area contributed by atoms with Crippen molar-refractivity contribution in [2.45, 2.75) is 0 Å². The third-order valence-electron chi connectivity index (χ3n) is 7.19. The number of furan rings is 1. The van der Waals surface area contributed by atoms with Gasteiger partial charge in [0.25, 0.3) is 0 Å². The molecule has 180 valence electrons. The van der Waals surface area contributed by atoms with E-state index in [1.165, 1.54) is 34.4 Å². The van der Waals surface area contributed by atoms with Crippen molar-refractivity contribution in [2.75, 3.05) is 0 Å². The van der Waals surface area contributed by atoms with Crippen LogP contribution in [-0.2, 0) is 0 Å². The van der Waals surface area contributed by atoms with Crippen molar-refractivity contribution in [3.8, 4) is 44.5 Å². The van der Waals surface area contributed by atoms with Gasteiger partial charge >= 0.3 is 0 Å². The minimum absolute atomic E-state index is 0.220. The Hall–Kier alpha value is -4.95. The van der Waals surface area contributed by atoms with E-state index >= 15 is 0 Å². The maximum atomic E-state index is 13.3. The molecule has 0 bridgehead atoms. The van der Waals surface area contributed by atoms with Gasteiger partial charge in [0.15, 0.2) is 0 Å². The lowest BCUT2D eigenvalue weighted by molar-refractivity contribution is 0.628. The second-order valence-corrected chi connectivity index (χ2v) is 9.55. The van der Waals surface area contributed by atoms with E-state index in [1.54, 1.807) is 0 Å². The van der Waals surface area contributed by atoms with E-state index in [1.807, 2.05) is 30.3 Å². The molecular formula is C36H23FO. The smallest absolute Gasteiger partial charge is 0.135 e. The van der Waals surface area contributed by atoms with Crippen molar-refractivity contribution < 1.29 is 8.81 Å². The molecule has 0 amide bonds. The molecule has 0 aliphatic rings. The topological polar surface area (TPSA) is 13.1 Å². The summed E-state index contributed by atoms with van der Waals surface area (Å²) < 4.78 is 19.3. The van der Waals surface area contributed by atoms with Crippen molar-refractivity contribution >= 4 is 21.9 Å². The van der Waals surface area contributed by atoms with E-state index < -0.39 is 0 Å². The highest BCUT2D eigenvalue weighted by molar-refractivity contribution is 6.06. The summed E-state index contributed by atoms with van der Waals surface area (Å²) in [5, 5.41) is 2.28. The first kappa shape index (κ1) is 22.3. The van der Waals surface area contributed by atoms with Crippen molar-refractivity contribution in [3.05, 3.63) is 145 Å². The van der Waals surface area contributed by atoms with Crippen LogP contribution in [0.5, 0.6) is 0 Å². The largest absolute Gasteiger partial charge is 0.456 e. The molecule has 1 heterocycles. The first-order valence-electron chi connectivity index (χ1n) is 12.7.